The van der Waals surface area contributed by atoms with Gasteiger partial charge in [0.05, 0.1) is 0 Å². The number of carbonyl (C=O) groups is 3. The first kappa shape index (κ1) is 43.2. The number of carbonyl (C=O) groups excluding carboxylic acids is 3. The molecule has 12 heteroatoms. The third-order valence-electron chi connectivity index (χ3n) is 19.0. The van der Waals surface area contributed by atoms with E-state index in [1.807, 2.05) is 12.1 Å². The molecule has 0 unspecified atom stereocenters. The van der Waals surface area contributed by atoms with Crippen LogP contribution in [0.3, 0.4) is 0 Å². The number of benzene rings is 2. The third-order valence-corrected chi connectivity index (χ3v) is 28.6. The van der Waals surface area contributed by atoms with Crippen LogP contribution in [0.25, 0.3) is 0 Å². The Morgan fingerprint density at radius 3 is 1.40 bits per heavy atom. The molecule has 9 nitrogen and oxygen atoms in total. The molecule has 14 rings (SSSR count). The zero-order valence-corrected chi connectivity index (χ0v) is 40.9. The molecule has 12 fully saturated rings. The Morgan fingerprint density at radius 2 is 0.937 bits per heavy atom. The van der Waals surface area contributed by atoms with Gasteiger partial charge in [0.25, 0.3) is 0 Å². The fraction of sp³-hybridized carbons (Fsp3) is 0.706. The van der Waals surface area contributed by atoms with Crippen LogP contribution in [0.1, 0.15) is 124 Å². The number of ether oxygens (including phenoxy) is 4. The predicted molar refractivity (Wildman–Crippen MR) is 240 cm³/mol. The normalized spacial score (nSPS) is 41.3. The van der Waals surface area contributed by atoms with Crippen molar-refractivity contribution in [2.24, 2.45) is 76.4 Å². The quantitative estimate of drug-likeness (QED) is 0.0792. The van der Waals surface area contributed by atoms with Gasteiger partial charge in [-0.15, -0.1) is 0 Å². The van der Waals surface area contributed by atoms with Gasteiger partial charge >= 0.3 is 373 Å². The fourth-order valence-electron chi connectivity index (χ4n) is 16.1. The van der Waals surface area contributed by atoms with Crippen LogP contribution in [0.5, 0.6) is 17.2 Å². The van der Waals surface area contributed by atoms with Crippen LogP contribution in [-0.4, -0.2) is 58.3 Å². The molecule has 12 aliphatic carbocycles. The molecule has 12 aliphatic rings. The Morgan fingerprint density at radius 1 is 0.524 bits per heavy atom. The number of hydrogen-bond donors (Lipinski definition) is 0. The van der Waals surface area contributed by atoms with Crippen molar-refractivity contribution in [3.8, 4) is 17.2 Å². The van der Waals surface area contributed by atoms with Crippen LogP contribution in [0, 0.1) is 76.4 Å². The topological polar surface area (TPSA) is 107 Å². The van der Waals surface area contributed by atoms with Gasteiger partial charge < -0.3 is 0 Å². The zero-order valence-electron chi connectivity index (χ0n) is 37.0. The van der Waals surface area contributed by atoms with Crippen LogP contribution in [0.4, 0.5) is 0 Å². The molecular weight excluding hydrogens is 955 g/mol. The molecule has 0 radical (unpaired) electrons. The van der Waals surface area contributed by atoms with E-state index in [1.165, 1.54) is 44.9 Å². The van der Waals surface area contributed by atoms with Gasteiger partial charge in [0.2, 0.25) is 0 Å². The molecule has 2 aromatic rings. The second kappa shape index (κ2) is 16.2. The summed E-state index contributed by atoms with van der Waals surface area (Å²) in [6, 6.07) is 12.3. The third kappa shape index (κ3) is 7.87. The van der Waals surface area contributed by atoms with Crippen molar-refractivity contribution < 1.29 is 43.1 Å². The van der Waals surface area contributed by atoms with E-state index in [9.17, 15) is 14.4 Å². The molecular formula is C51H64Cl2O9Te. The van der Waals surface area contributed by atoms with Gasteiger partial charge in [-0.1, -0.05) is 0 Å². The maximum absolute atomic E-state index is 13.6. The van der Waals surface area contributed by atoms with Crippen molar-refractivity contribution in [1.29, 1.82) is 0 Å². The Labute approximate surface area is 383 Å². The van der Waals surface area contributed by atoms with Gasteiger partial charge in [0.15, 0.2) is 0 Å². The fourth-order valence-corrected chi connectivity index (χ4v) is 22.3. The van der Waals surface area contributed by atoms with Crippen molar-refractivity contribution in [2.75, 3.05) is 13.2 Å². The van der Waals surface area contributed by atoms with Crippen molar-refractivity contribution in [3.05, 3.63) is 42.5 Å². The van der Waals surface area contributed by atoms with Gasteiger partial charge in [0.1, 0.15) is 0 Å². The second-order valence-corrected chi connectivity index (χ2v) is 35.2. The molecule has 0 N–H and O–H groups in total. The molecule has 12 saturated carbocycles. The molecule has 63 heavy (non-hydrogen) atoms. The van der Waals surface area contributed by atoms with Crippen LogP contribution in [0.15, 0.2) is 42.5 Å². The minimum atomic E-state index is -4.10. The van der Waals surface area contributed by atoms with Crippen LogP contribution in [-0.2, 0) is 28.7 Å². The molecule has 12 bridgehead atoms. The Kier molecular flexibility index (Phi) is 11.1. The van der Waals surface area contributed by atoms with E-state index in [-0.39, 0.29) is 42.5 Å². The van der Waals surface area contributed by atoms with Crippen LogP contribution in [0.2, 0.25) is 0 Å². The van der Waals surface area contributed by atoms with Crippen LogP contribution >= 0.6 is 17.9 Å². The first-order valence-electron chi connectivity index (χ1n) is 24.2. The first-order chi connectivity index (χ1) is 30.1. The molecule has 0 heterocycles. The van der Waals surface area contributed by atoms with Crippen molar-refractivity contribution >= 4 is 59.0 Å². The molecule has 0 saturated heterocycles. The maximum atomic E-state index is 13.6. The monoisotopic (exact) mass is 1020 g/mol. The summed E-state index contributed by atoms with van der Waals surface area (Å²) in [5.41, 5.74) is -1.01. The molecule has 0 spiro atoms. The van der Waals surface area contributed by atoms with Crippen molar-refractivity contribution in [2.45, 2.75) is 135 Å². The summed E-state index contributed by atoms with van der Waals surface area (Å²) >= 11 is -4.10. The molecule has 0 atom stereocenters. The van der Waals surface area contributed by atoms with Gasteiger partial charge in [-0.05, 0) is 12.8 Å². The summed E-state index contributed by atoms with van der Waals surface area (Å²) in [5, 5.41) is 0. The Bertz CT molecular complexity index is 2040. The number of esters is 2. The van der Waals surface area contributed by atoms with Gasteiger partial charge in [-0.3, -0.25) is 0 Å². The summed E-state index contributed by atoms with van der Waals surface area (Å²) in [4.78, 5) is 51.8. The molecule has 342 valence electrons. The average Bonchev–Trinajstić information content (AvgIpc) is 3.24. The predicted octanol–water partition coefficient (Wildman–Crippen LogP) is 9.68. The Balaban J connectivity index is 0.762. The molecule has 2 aromatic carbocycles. The van der Waals surface area contributed by atoms with E-state index >= 15 is 0 Å². The van der Waals surface area contributed by atoms with Crippen LogP contribution < -0.4 is 21.6 Å². The molecule has 0 aromatic heterocycles. The summed E-state index contributed by atoms with van der Waals surface area (Å²) in [6.07, 6.45) is 18.2. The molecule has 0 aliphatic heterocycles. The van der Waals surface area contributed by atoms with Gasteiger partial charge in [0, 0.05) is 0 Å². The summed E-state index contributed by atoms with van der Waals surface area (Å²) in [6.45, 7) is 6.03. The van der Waals surface area contributed by atoms with Crippen molar-refractivity contribution in [1.82, 2.24) is 0 Å². The second-order valence-electron chi connectivity index (χ2n) is 22.6. The Hall–Kier alpha value is -2.38. The first-order valence-corrected chi connectivity index (χ1v) is 32.4. The van der Waals surface area contributed by atoms with E-state index < -0.39 is 39.1 Å². The summed E-state index contributed by atoms with van der Waals surface area (Å²) in [7, 11) is 14.7. The number of halogens is 2. The summed E-state index contributed by atoms with van der Waals surface area (Å²) in [5.74, 6) is 7.03. The number of hydrogen-bond acceptors (Lipinski definition) is 9. The standard InChI is InChI=1S/C51H64Cl2O9Te/c1-49(35-13-29-10-30(15-35)16-36(49)14-29)26-46(54)62-61-45-25-43(8-9-44(45)58-28-48(56)60-51(3)39-21-33-12-34(23-39)24-40(51)22-33)63(52,53)42-6-4-41(5-7-42)57-27-47(55)59-50(2)37-17-31-11-32(19-37)20-38(50)18-31/h4-9,25,29-40H,10-24,26-28H2,1-3H3. The minimum absolute atomic E-state index is 0.118. The van der Waals surface area contributed by atoms with E-state index in [4.69, 9.17) is 46.6 Å². The SMILES string of the molecule is CC1(CC(=O)OOc2cc([Te](Cl)(Cl)c3ccc(OCC(=O)OC4(C)C5CC6CC(C5)CC4C6)cc3)ccc2OCC(=O)OC2(C)C3CC4CC(C3)CC2C4)C2CC3CC(C2)CC1C3. The van der Waals surface area contributed by atoms with E-state index in [1.54, 1.807) is 30.3 Å². The van der Waals surface area contributed by atoms with E-state index in [2.05, 4.69) is 20.8 Å². The van der Waals surface area contributed by atoms with E-state index in [0.29, 0.717) is 44.9 Å². The number of rotatable bonds is 14. The molecule has 0 amide bonds. The van der Waals surface area contributed by atoms with Crippen molar-refractivity contribution in [3.63, 3.8) is 0 Å². The van der Waals surface area contributed by atoms with Gasteiger partial charge in [-0.2, -0.15) is 0 Å². The average molecular weight is 1020 g/mol. The zero-order chi connectivity index (χ0) is 43.5. The van der Waals surface area contributed by atoms with Gasteiger partial charge in [-0.25, -0.2) is 0 Å². The summed E-state index contributed by atoms with van der Waals surface area (Å²) < 4.78 is 25.9. The van der Waals surface area contributed by atoms with E-state index in [0.717, 1.165) is 90.5 Å².